The van der Waals surface area contributed by atoms with E-state index in [-0.39, 0.29) is 5.54 Å². The molecule has 0 N–H and O–H groups in total. The molecule has 0 amide bonds. The van der Waals surface area contributed by atoms with Gasteiger partial charge in [-0.15, -0.1) is 0 Å². The third-order valence-corrected chi connectivity index (χ3v) is 6.79. The topological polar surface area (TPSA) is 12.5 Å². The van der Waals surface area contributed by atoms with Crippen molar-refractivity contribution in [3.63, 3.8) is 0 Å². The zero-order valence-corrected chi connectivity index (χ0v) is 19.2. The summed E-state index contributed by atoms with van der Waals surface area (Å²) in [7, 11) is 1.74. The molecule has 1 heterocycles. The number of halogens is 1. The Kier molecular flexibility index (Phi) is 5.44. The zero-order chi connectivity index (χ0) is 20.6. The highest BCUT2D eigenvalue weighted by molar-refractivity contribution is 9.10. The van der Waals surface area contributed by atoms with Crippen molar-refractivity contribution in [3.8, 4) is 5.75 Å². The van der Waals surface area contributed by atoms with Crippen molar-refractivity contribution < 1.29 is 4.74 Å². The van der Waals surface area contributed by atoms with Crippen molar-refractivity contribution in [1.82, 2.24) is 0 Å². The molecule has 0 aromatic heterocycles. The molecule has 0 radical (unpaired) electrons. The Bertz CT molecular complexity index is 994. The number of rotatable bonds is 4. The van der Waals surface area contributed by atoms with Crippen LogP contribution in [0, 0.1) is 0 Å². The first-order chi connectivity index (χ1) is 13.9. The Morgan fingerprint density at radius 1 is 0.966 bits per heavy atom. The minimum Gasteiger partial charge on any atom is -0.497 e. The minimum atomic E-state index is -0.250. The van der Waals surface area contributed by atoms with Gasteiger partial charge in [0.2, 0.25) is 0 Å². The molecule has 1 atom stereocenters. The van der Waals surface area contributed by atoms with Crippen LogP contribution in [0.2, 0.25) is 0 Å². The highest BCUT2D eigenvalue weighted by atomic mass is 79.9. The molecule has 0 fully saturated rings. The van der Waals surface area contributed by atoms with Gasteiger partial charge in [0.15, 0.2) is 0 Å². The summed E-state index contributed by atoms with van der Waals surface area (Å²) >= 11 is 3.59. The summed E-state index contributed by atoms with van der Waals surface area (Å²) in [6, 6.07) is 24.4. The largest absolute Gasteiger partial charge is 0.497 e. The molecule has 0 aliphatic carbocycles. The molecular weight excluding hydrogens is 422 g/mol. The number of hydrogen-bond donors (Lipinski definition) is 0. The van der Waals surface area contributed by atoms with Crippen LogP contribution in [0.15, 0.2) is 71.2 Å². The first-order valence-corrected chi connectivity index (χ1v) is 11.0. The third-order valence-electron chi connectivity index (χ3n) is 6.26. The highest BCUT2D eigenvalue weighted by Gasteiger charge is 2.40. The van der Waals surface area contributed by atoms with Crippen molar-refractivity contribution in [2.45, 2.75) is 38.6 Å². The summed E-state index contributed by atoms with van der Waals surface area (Å²) in [6.07, 6.45) is 1.00. The number of hydrogen-bond acceptors (Lipinski definition) is 2. The van der Waals surface area contributed by atoms with Crippen molar-refractivity contribution >= 4 is 21.6 Å². The molecule has 1 aliphatic heterocycles. The lowest BCUT2D eigenvalue weighted by Crippen LogP contribution is -2.49. The van der Waals surface area contributed by atoms with E-state index in [2.05, 4.69) is 108 Å². The Labute approximate surface area is 182 Å². The molecule has 2 nitrogen and oxygen atoms in total. The molecule has 0 saturated heterocycles. The maximum Gasteiger partial charge on any atom is 0.119 e. The van der Waals surface area contributed by atoms with E-state index in [9.17, 15) is 0 Å². The highest BCUT2D eigenvalue weighted by Crippen LogP contribution is 2.44. The summed E-state index contributed by atoms with van der Waals surface area (Å²) in [6.45, 7) is 7.79. The molecule has 1 unspecified atom stereocenters. The first-order valence-electron chi connectivity index (χ1n) is 10.2. The molecular formula is C26H28BrNO. The fourth-order valence-electron chi connectivity index (χ4n) is 4.49. The lowest BCUT2D eigenvalue weighted by atomic mass is 9.76. The van der Waals surface area contributed by atoms with Crippen LogP contribution in [0.5, 0.6) is 5.75 Å². The first kappa shape index (κ1) is 20.0. The third kappa shape index (κ3) is 3.57. The van der Waals surface area contributed by atoms with Crippen molar-refractivity contribution in [1.29, 1.82) is 0 Å². The summed E-state index contributed by atoms with van der Waals surface area (Å²) in [5.41, 5.74) is 6.40. The van der Waals surface area contributed by atoms with Crippen LogP contribution in [0.1, 0.15) is 48.9 Å². The number of nitrogens with zero attached hydrogens (tertiary/aromatic N) is 1. The second-order valence-corrected chi connectivity index (χ2v) is 9.17. The second kappa shape index (κ2) is 7.87. The smallest absolute Gasteiger partial charge is 0.119 e. The van der Waals surface area contributed by atoms with Crippen LogP contribution in [0.4, 0.5) is 5.69 Å². The quantitative estimate of drug-likeness (QED) is 0.428. The summed E-state index contributed by atoms with van der Waals surface area (Å²) < 4.78 is 6.60. The predicted molar refractivity (Wildman–Crippen MR) is 125 cm³/mol. The molecule has 0 spiro atoms. The molecule has 29 heavy (non-hydrogen) atoms. The van der Waals surface area contributed by atoms with Crippen LogP contribution in [-0.4, -0.2) is 13.7 Å². The van der Waals surface area contributed by atoms with Gasteiger partial charge in [-0.2, -0.15) is 0 Å². The van der Waals surface area contributed by atoms with E-state index in [0.29, 0.717) is 5.92 Å². The molecule has 0 bridgehead atoms. The molecule has 3 aromatic rings. The average molecular weight is 450 g/mol. The molecule has 4 rings (SSSR count). The number of fused-ring (bicyclic) bond motifs is 1. The number of ether oxygens (including phenoxy) is 1. The standard InChI is InChI=1S/C26H28BrNO/c1-18(2)19-5-11-23(12-6-19)28-16-15-20-17-24(29-4)13-14-25(20)26(28,3)21-7-9-22(27)10-8-21/h5-14,17-18H,15-16H2,1-4H3. The molecule has 0 saturated carbocycles. The van der Waals surface area contributed by atoms with E-state index in [4.69, 9.17) is 4.74 Å². The van der Waals surface area contributed by atoms with E-state index < -0.39 is 0 Å². The minimum absolute atomic E-state index is 0.250. The summed E-state index contributed by atoms with van der Waals surface area (Å²) in [5.74, 6) is 1.47. The van der Waals surface area contributed by atoms with E-state index in [1.807, 2.05) is 0 Å². The molecule has 1 aliphatic rings. The lowest BCUT2D eigenvalue weighted by Gasteiger charge is -2.48. The van der Waals surface area contributed by atoms with Crippen molar-refractivity contribution in [2.24, 2.45) is 0 Å². The van der Waals surface area contributed by atoms with E-state index >= 15 is 0 Å². The average Bonchev–Trinajstić information content (AvgIpc) is 2.74. The van der Waals surface area contributed by atoms with Crippen LogP contribution in [0.3, 0.4) is 0 Å². The number of benzene rings is 3. The number of methoxy groups -OCH3 is 1. The van der Waals surface area contributed by atoms with Gasteiger partial charge >= 0.3 is 0 Å². The van der Waals surface area contributed by atoms with E-state index in [0.717, 1.165) is 23.2 Å². The Morgan fingerprint density at radius 3 is 2.28 bits per heavy atom. The van der Waals surface area contributed by atoms with Gasteiger partial charge < -0.3 is 9.64 Å². The van der Waals surface area contributed by atoms with E-state index in [1.165, 1.54) is 27.9 Å². The SMILES string of the molecule is COc1ccc2c(c1)CCN(c1ccc(C(C)C)cc1)C2(C)c1ccc(Br)cc1. The number of anilines is 1. The predicted octanol–water partition coefficient (Wildman–Crippen LogP) is 6.91. The summed E-state index contributed by atoms with van der Waals surface area (Å²) in [4.78, 5) is 2.55. The zero-order valence-electron chi connectivity index (χ0n) is 17.6. The van der Waals surface area contributed by atoms with Gasteiger partial charge in [0.05, 0.1) is 12.6 Å². The lowest BCUT2D eigenvalue weighted by molar-refractivity contribution is 0.411. The Hall–Kier alpha value is -2.26. The Balaban J connectivity index is 1.86. The van der Waals surface area contributed by atoms with Gasteiger partial charge in [0, 0.05) is 16.7 Å². The second-order valence-electron chi connectivity index (χ2n) is 8.25. The van der Waals surface area contributed by atoms with Crippen molar-refractivity contribution in [3.05, 3.63) is 93.5 Å². The van der Waals surface area contributed by atoms with Gasteiger partial charge in [0.25, 0.3) is 0 Å². The van der Waals surface area contributed by atoms with Crippen LogP contribution >= 0.6 is 15.9 Å². The van der Waals surface area contributed by atoms with Gasteiger partial charge in [-0.05, 0) is 77.9 Å². The fourth-order valence-corrected chi connectivity index (χ4v) is 4.76. The van der Waals surface area contributed by atoms with Gasteiger partial charge in [-0.1, -0.05) is 60.1 Å². The maximum absolute atomic E-state index is 5.50. The molecule has 3 aromatic carbocycles. The molecule has 3 heteroatoms. The van der Waals surface area contributed by atoms with Gasteiger partial charge in [-0.3, -0.25) is 0 Å². The van der Waals surface area contributed by atoms with Crippen LogP contribution in [0.25, 0.3) is 0 Å². The van der Waals surface area contributed by atoms with Crippen LogP contribution < -0.4 is 9.64 Å². The van der Waals surface area contributed by atoms with Gasteiger partial charge in [-0.25, -0.2) is 0 Å². The van der Waals surface area contributed by atoms with Gasteiger partial charge in [0.1, 0.15) is 5.75 Å². The van der Waals surface area contributed by atoms with Crippen LogP contribution in [-0.2, 0) is 12.0 Å². The maximum atomic E-state index is 5.50. The Morgan fingerprint density at radius 2 is 1.66 bits per heavy atom. The monoisotopic (exact) mass is 449 g/mol. The summed E-state index contributed by atoms with van der Waals surface area (Å²) in [5, 5.41) is 0. The molecule has 150 valence electrons. The van der Waals surface area contributed by atoms with Crippen molar-refractivity contribution in [2.75, 3.05) is 18.6 Å². The fraction of sp³-hybridized carbons (Fsp3) is 0.308. The normalized spacial score (nSPS) is 18.6. The van der Waals surface area contributed by atoms with E-state index in [1.54, 1.807) is 7.11 Å².